The van der Waals surface area contributed by atoms with Crippen molar-refractivity contribution in [3.63, 3.8) is 0 Å². The van der Waals surface area contributed by atoms with Gasteiger partial charge >= 0.3 is 0 Å². The van der Waals surface area contributed by atoms with E-state index in [0.717, 1.165) is 41.7 Å². The van der Waals surface area contributed by atoms with Gasteiger partial charge in [-0.05, 0) is 55.1 Å². The highest BCUT2D eigenvalue weighted by molar-refractivity contribution is 7.80. The van der Waals surface area contributed by atoms with Crippen molar-refractivity contribution in [2.24, 2.45) is 5.92 Å². The molecule has 3 N–H and O–H groups in total. The molecule has 0 saturated heterocycles. The Morgan fingerprint density at radius 2 is 1.96 bits per heavy atom. The molecule has 5 nitrogen and oxygen atoms in total. The van der Waals surface area contributed by atoms with E-state index in [1.54, 1.807) is 0 Å². The second-order valence-electron chi connectivity index (χ2n) is 8.13. The van der Waals surface area contributed by atoms with E-state index >= 15 is 0 Å². The van der Waals surface area contributed by atoms with Crippen LogP contribution in [0.3, 0.4) is 0 Å². The maximum atomic E-state index is 12.7. The van der Waals surface area contributed by atoms with E-state index in [1.165, 1.54) is 10.5 Å². The Bertz CT molecular complexity index is 857. The van der Waals surface area contributed by atoms with Crippen LogP contribution in [-0.4, -0.2) is 48.7 Å². The minimum atomic E-state index is -0.0386. The molecule has 0 aliphatic carbocycles. The Morgan fingerprint density at radius 3 is 2.59 bits per heavy atom. The number of quaternary nitrogens is 1. The van der Waals surface area contributed by atoms with Crippen LogP contribution in [0.5, 0.6) is 0 Å². The van der Waals surface area contributed by atoms with Gasteiger partial charge in [0.05, 0.1) is 39.2 Å². The topological polar surface area (TPSA) is 52.6 Å². The maximum absolute atomic E-state index is 12.7. The number of aryl methyl sites for hydroxylation is 2. The lowest BCUT2D eigenvalue weighted by atomic mass is 10.1. The SMILES string of the molecule is Cc1cc(C)c2[nH]c(=O)c(CN(CC[NH+](C)C)C(=S)NCC(C)C)cc2c1. The highest BCUT2D eigenvalue weighted by atomic mass is 32.1. The maximum Gasteiger partial charge on any atom is 0.253 e. The zero-order chi connectivity index (χ0) is 20.1. The van der Waals surface area contributed by atoms with Gasteiger partial charge in [0.25, 0.3) is 5.56 Å². The van der Waals surface area contributed by atoms with Crippen molar-refractivity contribution in [3.05, 3.63) is 45.2 Å². The van der Waals surface area contributed by atoms with E-state index in [2.05, 4.69) is 62.2 Å². The van der Waals surface area contributed by atoms with Gasteiger partial charge in [0.15, 0.2) is 5.11 Å². The normalized spacial score (nSPS) is 11.4. The van der Waals surface area contributed by atoms with Gasteiger partial charge in [-0.25, -0.2) is 0 Å². The lowest BCUT2D eigenvalue weighted by Crippen LogP contribution is -3.06. The van der Waals surface area contributed by atoms with Gasteiger partial charge in [0.1, 0.15) is 0 Å². The predicted molar refractivity (Wildman–Crippen MR) is 118 cm³/mol. The molecule has 0 radical (unpaired) electrons. The van der Waals surface area contributed by atoms with Gasteiger partial charge in [-0.2, -0.15) is 0 Å². The first-order valence-corrected chi connectivity index (χ1v) is 10.0. The summed E-state index contributed by atoms with van der Waals surface area (Å²) in [5, 5.41) is 5.12. The highest BCUT2D eigenvalue weighted by Gasteiger charge is 2.15. The van der Waals surface area contributed by atoms with E-state index in [-0.39, 0.29) is 5.56 Å². The number of aromatic nitrogens is 1. The Balaban J connectivity index is 2.30. The second kappa shape index (κ2) is 9.33. The van der Waals surface area contributed by atoms with Gasteiger partial charge in [-0.1, -0.05) is 25.5 Å². The molecular weight excluding hydrogens is 356 g/mol. The zero-order valence-electron chi connectivity index (χ0n) is 17.4. The minimum absolute atomic E-state index is 0.0386. The molecule has 0 bridgehead atoms. The molecule has 2 rings (SSSR count). The molecule has 2 aromatic rings. The zero-order valence-corrected chi connectivity index (χ0v) is 18.2. The van der Waals surface area contributed by atoms with Crippen LogP contribution in [-0.2, 0) is 6.54 Å². The fraction of sp³-hybridized carbons (Fsp3) is 0.524. The van der Waals surface area contributed by atoms with Crippen LogP contribution in [0.4, 0.5) is 0 Å². The molecule has 0 atom stereocenters. The summed E-state index contributed by atoms with van der Waals surface area (Å²) in [5.74, 6) is 0.513. The smallest absolute Gasteiger partial charge is 0.253 e. The summed E-state index contributed by atoms with van der Waals surface area (Å²) in [6.45, 7) is 11.5. The van der Waals surface area contributed by atoms with E-state index < -0.39 is 0 Å². The van der Waals surface area contributed by atoms with Crippen molar-refractivity contribution in [1.82, 2.24) is 15.2 Å². The first-order chi connectivity index (χ1) is 12.7. The molecule has 6 heteroatoms. The van der Waals surface area contributed by atoms with Crippen molar-refractivity contribution < 1.29 is 4.90 Å². The molecule has 0 fully saturated rings. The number of fused-ring (bicyclic) bond motifs is 1. The second-order valence-corrected chi connectivity index (χ2v) is 8.52. The quantitative estimate of drug-likeness (QED) is 0.630. The fourth-order valence-electron chi connectivity index (χ4n) is 3.07. The van der Waals surface area contributed by atoms with Crippen LogP contribution in [0, 0.1) is 19.8 Å². The summed E-state index contributed by atoms with van der Waals surface area (Å²) in [5.41, 5.74) is 3.91. The van der Waals surface area contributed by atoms with Gasteiger partial charge in [-0.15, -0.1) is 0 Å². The first-order valence-electron chi connectivity index (χ1n) is 9.62. The number of hydrogen-bond donors (Lipinski definition) is 3. The summed E-state index contributed by atoms with van der Waals surface area (Å²) < 4.78 is 0. The molecule has 0 aliphatic rings. The van der Waals surface area contributed by atoms with E-state index in [9.17, 15) is 4.79 Å². The molecule has 0 unspecified atom stereocenters. The van der Waals surface area contributed by atoms with Gasteiger partial charge in [0.2, 0.25) is 0 Å². The Kier molecular flexibility index (Phi) is 7.39. The molecule has 0 saturated carbocycles. The minimum Gasteiger partial charge on any atom is -0.362 e. The molecule has 1 heterocycles. The number of rotatable bonds is 7. The Hall–Kier alpha value is -1.92. The fourth-order valence-corrected chi connectivity index (χ4v) is 3.31. The average Bonchev–Trinajstić information content (AvgIpc) is 2.57. The number of benzene rings is 1. The van der Waals surface area contributed by atoms with Crippen LogP contribution in [0.15, 0.2) is 23.0 Å². The standard InChI is InChI=1S/C21H32N4OS/c1-14(2)12-22-21(27)25(8-7-24(5)6)13-18-11-17-10-15(3)9-16(4)19(17)23-20(18)26/h9-11,14H,7-8,12-13H2,1-6H3,(H,22,27)(H,23,26)/p+1. The van der Waals surface area contributed by atoms with Crippen molar-refractivity contribution in [2.75, 3.05) is 33.7 Å². The number of aromatic amines is 1. The van der Waals surface area contributed by atoms with Crippen molar-refractivity contribution in [1.29, 1.82) is 0 Å². The summed E-state index contributed by atoms with van der Waals surface area (Å²) in [4.78, 5) is 19.2. The summed E-state index contributed by atoms with van der Waals surface area (Å²) in [6.07, 6.45) is 0. The lowest BCUT2D eigenvalue weighted by Gasteiger charge is -2.26. The number of pyridine rings is 1. The number of nitrogens with one attached hydrogen (secondary N) is 3. The first kappa shape index (κ1) is 21.4. The van der Waals surface area contributed by atoms with E-state index in [1.807, 2.05) is 13.0 Å². The van der Waals surface area contributed by atoms with Crippen molar-refractivity contribution in [2.45, 2.75) is 34.2 Å². The van der Waals surface area contributed by atoms with Crippen molar-refractivity contribution in [3.8, 4) is 0 Å². The molecule has 0 spiro atoms. The van der Waals surface area contributed by atoms with Crippen LogP contribution in [0.1, 0.15) is 30.5 Å². The molecule has 1 aromatic heterocycles. The molecule has 0 amide bonds. The van der Waals surface area contributed by atoms with Crippen LogP contribution in [0.25, 0.3) is 10.9 Å². The monoisotopic (exact) mass is 389 g/mol. The molecule has 148 valence electrons. The summed E-state index contributed by atoms with van der Waals surface area (Å²) in [7, 11) is 4.24. The lowest BCUT2D eigenvalue weighted by molar-refractivity contribution is -0.857. The number of H-pyrrole nitrogens is 1. The van der Waals surface area contributed by atoms with E-state index in [0.29, 0.717) is 17.6 Å². The third-order valence-electron chi connectivity index (χ3n) is 4.56. The van der Waals surface area contributed by atoms with Gasteiger partial charge in [-0.3, -0.25) is 4.79 Å². The van der Waals surface area contributed by atoms with Gasteiger partial charge in [0, 0.05) is 12.1 Å². The summed E-state index contributed by atoms with van der Waals surface area (Å²) >= 11 is 5.62. The average molecular weight is 390 g/mol. The predicted octanol–water partition coefficient (Wildman–Crippen LogP) is 1.62. The molecular formula is C21H33N4OS+. The number of hydrogen-bond acceptors (Lipinski definition) is 2. The molecule has 0 aliphatic heterocycles. The number of likely N-dealkylation sites (N-methyl/N-ethyl adjacent to an activating group) is 1. The van der Waals surface area contributed by atoms with Gasteiger partial charge < -0.3 is 20.1 Å². The largest absolute Gasteiger partial charge is 0.362 e. The van der Waals surface area contributed by atoms with Crippen molar-refractivity contribution >= 4 is 28.2 Å². The molecule has 27 heavy (non-hydrogen) atoms. The highest BCUT2D eigenvalue weighted by Crippen LogP contribution is 2.18. The van der Waals surface area contributed by atoms with E-state index in [4.69, 9.17) is 12.2 Å². The Morgan fingerprint density at radius 1 is 1.26 bits per heavy atom. The molecule has 1 aromatic carbocycles. The summed E-state index contributed by atoms with van der Waals surface area (Å²) in [6, 6.07) is 6.22. The van der Waals surface area contributed by atoms with Crippen LogP contribution >= 0.6 is 12.2 Å². The Labute approximate surface area is 167 Å². The number of thiocarbonyl (C=S) groups is 1. The third-order valence-corrected chi connectivity index (χ3v) is 4.96. The van der Waals surface area contributed by atoms with Crippen LogP contribution < -0.4 is 15.8 Å². The number of nitrogens with zero attached hydrogens (tertiary/aromatic N) is 1. The van der Waals surface area contributed by atoms with Crippen LogP contribution in [0.2, 0.25) is 0 Å². The third kappa shape index (κ3) is 6.04.